The molecule has 0 spiro atoms. The van der Waals surface area contributed by atoms with Crippen LogP contribution in [-0.2, 0) is 19.6 Å². The van der Waals surface area contributed by atoms with Gasteiger partial charge in [0.25, 0.3) is 0 Å². The van der Waals surface area contributed by atoms with Crippen LogP contribution in [-0.4, -0.2) is 22.8 Å². The van der Waals surface area contributed by atoms with Crippen molar-refractivity contribution >= 4 is 17.3 Å². The van der Waals surface area contributed by atoms with Crippen molar-refractivity contribution in [3.63, 3.8) is 0 Å². The maximum Gasteiger partial charge on any atom is 0.191 e. The summed E-state index contributed by atoms with van der Waals surface area (Å²) in [7, 11) is 1.79. The van der Waals surface area contributed by atoms with E-state index in [2.05, 4.69) is 58.1 Å². The van der Waals surface area contributed by atoms with E-state index in [1.807, 2.05) is 29.1 Å². The minimum Gasteiger partial charge on any atom is -0.352 e. The van der Waals surface area contributed by atoms with Gasteiger partial charge in [0.05, 0.1) is 19.3 Å². The maximum absolute atomic E-state index is 4.43. The monoisotopic (exact) mass is 353 g/mol. The van der Waals surface area contributed by atoms with Gasteiger partial charge >= 0.3 is 0 Å². The van der Waals surface area contributed by atoms with E-state index in [0.29, 0.717) is 6.54 Å². The van der Waals surface area contributed by atoms with Gasteiger partial charge in [0.1, 0.15) is 0 Å². The van der Waals surface area contributed by atoms with Gasteiger partial charge in [0.15, 0.2) is 5.96 Å². The molecule has 3 rings (SSSR count). The molecule has 2 aromatic heterocycles. The molecule has 2 N–H and O–H groups in total. The van der Waals surface area contributed by atoms with Crippen molar-refractivity contribution in [2.45, 2.75) is 26.6 Å². The topological polar surface area (TPSA) is 54.2 Å². The molecule has 0 saturated carbocycles. The quantitative estimate of drug-likeness (QED) is 0.529. The molecule has 0 aliphatic carbocycles. The molecule has 0 radical (unpaired) electrons. The fourth-order valence-electron chi connectivity index (χ4n) is 2.51. The zero-order chi connectivity index (χ0) is 17.5. The summed E-state index contributed by atoms with van der Waals surface area (Å²) in [6.07, 6.45) is 3.96. The molecular weight excluding hydrogens is 330 g/mol. The summed E-state index contributed by atoms with van der Waals surface area (Å²) >= 11 is 1.80. The van der Waals surface area contributed by atoms with Crippen molar-refractivity contribution in [2.75, 3.05) is 7.05 Å². The van der Waals surface area contributed by atoms with Gasteiger partial charge in [-0.1, -0.05) is 30.3 Å². The van der Waals surface area contributed by atoms with Crippen LogP contribution in [0.4, 0.5) is 0 Å². The summed E-state index contributed by atoms with van der Waals surface area (Å²) in [5.41, 5.74) is 2.37. The molecule has 1 aromatic carbocycles. The summed E-state index contributed by atoms with van der Waals surface area (Å²) < 4.78 is 1.96. The van der Waals surface area contributed by atoms with Crippen molar-refractivity contribution in [1.82, 2.24) is 20.4 Å². The Hall–Kier alpha value is -2.60. The van der Waals surface area contributed by atoms with E-state index in [1.54, 1.807) is 18.4 Å². The molecule has 0 aliphatic rings. The number of rotatable bonds is 6. The Morgan fingerprint density at radius 3 is 2.60 bits per heavy atom. The minimum atomic E-state index is 0.692. The molecule has 0 saturated heterocycles. The number of nitrogens with zero attached hydrogens (tertiary/aromatic N) is 3. The van der Waals surface area contributed by atoms with Crippen LogP contribution in [0.3, 0.4) is 0 Å². The van der Waals surface area contributed by atoms with E-state index in [-0.39, 0.29) is 0 Å². The second kappa shape index (κ2) is 8.48. The van der Waals surface area contributed by atoms with Crippen LogP contribution in [0.5, 0.6) is 0 Å². The average Bonchev–Trinajstić information content (AvgIpc) is 3.25. The van der Waals surface area contributed by atoms with Crippen LogP contribution < -0.4 is 10.6 Å². The third kappa shape index (κ3) is 5.19. The molecule has 0 amide bonds. The van der Waals surface area contributed by atoms with E-state index >= 15 is 0 Å². The molecule has 0 fully saturated rings. The second-order valence-electron chi connectivity index (χ2n) is 5.82. The van der Waals surface area contributed by atoms with Crippen LogP contribution in [0, 0.1) is 6.92 Å². The van der Waals surface area contributed by atoms with Gasteiger partial charge in [-0.15, -0.1) is 11.3 Å². The lowest BCUT2D eigenvalue weighted by Crippen LogP contribution is -2.36. The highest BCUT2D eigenvalue weighted by atomic mass is 32.1. The van der Waals surface area contributed by atoms with Gasteiger partial charge in [-0.05, 0) is 24.6 Å². The van der Waals surface area contributed by atoms with E-state index in [0.717, 1.165) is 24.6 Å². The number of guanidine groups is 1. The number of hydrogen-bond donors (Lipinski definition) is 2. The summed E-state index contributed by atoms with van der Waals surface area (Å²) in [5.74, 6) is 0.793. The van der Waals surface area contributed by atoms with Crippen molar-refractivity contribution in [2.24, 2.45) is 4.99 Å². The molecular formula is C19H23N5S. The molecule has 0 bridgehead atoms. The standard InChI is InChI=1S/C19H23N5S/c1-15-8-9-18(25-15)12-22-19(20-2)21-10-17-11-23-24(14-17)13-16-6-4-3-5-7-16/h3-9,11,14H,10,12-13H2,1-2H3,(H2,20,21,22). The number of nitrogens with one attached hydrogen (secondary N) is 2. The highest BCUT2D eigenvalue weighted by Crippen LogP contribution is 2.14. The van der Waals surface area contributed by atoms with Crippen molar-refractivity contribution in [1.29, 1.82) is 0 Å². The molecule has 3 aromatic rings. The van der Waals surface area contributed by atoms with Crippen LogP contribution in [0.2, 0.25) is 0 Å². The first-order chi connectivity index (χ1) is 12.2. The zero-order valence-corrected chi connectivity index (χ0v) is 15.4. The number of thiophene rings is 1. The largest absolute Gasteiger partial charge is 0.352 e. The predicted octanol–water partition coefficient (Wildman–Crippen LogP) is 3.17. The van der Waals surface area contributed by atoms with Crippen LogP contribution in [0.15, 0.2) is 59.9 Å². The lowest BCUT2D eigenvalue weighted by molar-refractivity contribution is 0.685. The van der Waals surface area contributed by atoms with Crippen molar-refractivity contribution in [3.05, 3.63) is 75.7 Å². The molecule has 0 aliphatic heterocycles. The first-order valence-electron chi connectivity index (χ1n) is 8.28. The number of hydrogen-bond acceptors (Lipinski definition) is 3. The Bertz CT molecular complexity index is 819. The lowest BCUT2D eigenvalue weighted by Gasteiger charge is -2.10. The van der Waals surface area contributed by atoms with Gasteiger partial charge in [-0.25, -0.2) is 0 Å². The summed E-state index contributed by atoms with van der Waals surface area (Å²) in [6, 6.07) is 14.6. The predicted molar refractivity (Wildman–Crippen MR) is 104 cm³/mol. The van der Waals surface area contributed by atoms with Crippen LogP contribution in [0.25, 0.3) is 0 Å². The Labute approximate surface area is 152 Å². The Morgan fingerprint density at radius 2 is 1.88 bits per heavy atom. The molecule has 25 heavy (non-hydrogen) atoms. The van der Waals surface area contributed by atoms with Gasteiger partial charge < -0.3 is 10.6 Å². The molecule has 5 nitrogen and oxygen atoms in total. The van der Waals surface area contributed by atoms with Crippen LogP contribution in [0.1, 0.15) is 20.9 Å². The third-order valence-corrected chi connectivity index (χ3v) is 4.78. The van der Waals surface area contributed by atoms with Gasteiger partial charge in [0.2, 0.25) is 0 Å². The van der Waals surface area contributed by atoms with Gasteiger partial charge in [-0.2, -0.15) is 5.10 Å². The SMILES string of the molecule is CN=C(NCc1cnn(Cc2ccccc2)c1)NCc1ccc(C)s1. The molecule has 0 unspecified atom stereocenters. The van der Waals surface area contributed by atoms with E-state index in [4.69, 9.17) is 0 Å². The lowest BCUT2D eigenvalue weighted by atomic mass is 10.2. The number of aliphatic imine (C=N–C) groups is 1. The van der Waals surface area contributed by atoms with E-state index in [9.17, 15) is 0 Å². The smallest absolute Gasteiger partial charge is 0.191 e. The van der Waals surface area contributed by atoms with Crippen molar-refractivity contribution in [3.8, 4) is 0 Å². The molecule has 6 heteroatoms. The van der Waals surface area contributed by atoms with Crippen molar-refractivity contribution < 1.29 is 0 Å². The third-order valence-electron chi connectivity index (χ3n) is 3.78. The Morgan fingerprint density at radius 1 is 1.08 bits per heavy atom. The normalized spacial score (nSPS) is 11.5. The average molecular weight is 353 g/mol. The first-order valence-corrected chi connectivity index (χ1v) is 9.09. The molecule has 130 valence electrons. The summed E-state index contributed by atoms with van der Waals surface area (Å²) in [5, 5.41) is 11.1. The highest BCUT2D eigenvalue weighted by molar-refractivity contribution is 7.11. The van der Waals surface area contributed by atoms with E-state index < -0.39 is 0 Å². The Balaban J connectivity index is 1.48. The summed E-state index contributed by atoms with van der Waals surface area (Å²) in [6.45, 7) is 4.38. The Kier molecular flexibility index (Phi) is 5.85. The minimum absolute atomic E-state index is 0.692. The molecule has 0 atom stereocenters. The number of aromatic nitrogens is 2. The fraction of sp³-hybridized carbons (Fsp3) is 0.263. The first kappa shape index (κ1) is 17.2. The van der Waals surface area contributed by atoms with E-state index in [1.165, 1.54) is 15.3 Å². The summed E-state index contributed by atoms with van der Waals surface area (Å²) in [4.78, 5) is 6.90. The number of benzene rings is 1. The molecule has 2 heterocycles. The second-order valence-corrected chi connectivity index (χ2v) is 7.20. The van der Waals surface area contributed by atoms with Gasteiger partial charge in [-0.3, -0.25) is 9.67 Å². The number of aryl methyl sites for hydroxylation is 1. The highest BCUT2D eigenvalue weighted by Gasteiger charge is 2.03. The van der Waals surface area contributed by atoms with Gasteiger partial charge in [0, 0.05) is 35.1 Å². The fourth-order valence-corrected chi connectivity index (χ4v) is 3.34. The van der Waals surface area contributed by atoms with Crippen LogP contribution >= 0.6 is 11.3 Å². The zero-order valence-electron chi connectivity index (χ0n) is 14.6. The maximum atomic E-state index is 4.43.